The molecule has 128 valence electrons. The second-order valence-electron chi connectivity index (χ2n) is 5.33. The number of rotatable bonds is 3. The molecule has 1 aliphatic rings. The molecule has 1 aliphatic heterocycles. The minimum atomic E-state index is -1.10. The number of carbonyl (C=O) groups excluding carboxylic acids is 1. The van der Waals surface area contributed by atoms with E-state index in [1.807, 2.05) is 4.90 Å². The summed E-state index contributed by atoms with van der Waals surface area (Å²) >= 11 is 0. The Balaban J connectivity index is 1.83. The fourth-order valence-electron chi connectivity index (χ4n) is 2.68. The highest BCUT2D eigenvalue weighted by molar-refractivity contribution is 5.95. The largest absolute Gasteiger partial charge is 0.478 e. The first-order valence-corrected chi connectivity index (χ1v) is 7.55. The maximum Gasteiger partial charge on any atom is 0.409 e. The van der Waals surface area contributed by atoms with E-state index in [2.05, 4.69) is 10.1 Å². The quantitative estimate of drug-likeness (QED) is 0.820. The van der Waals surface area contributed by atoms with Crippen molar-refractivity contribution in [1.29, 1.82) is 0 Å². The van der Waals surface area contributed by atoms with Gasteiger partial charge in [-0.2, -0.15) is 4.98 Å². The summed E-state index contributed by atoms with van der Waals surface area (Å²) < 4.78 is 6.35. The fourth-order valence-corrected chi connectivity index (χ4v) is 2.68. The van der Waals surface area contributed by atoms with E-state index in [1.54, 1.807) is 24.1 Å². The number of amides is 1. The van der Waals surface area contributed by atoms with Crippen molar-refractivity contribution in [1.82, 2.24) is 19.5 Å². The van der Waals surface area contributed by atoms with E-state index in [0.29, 0.717) is 38.5 Å². The van der Waals surface area contributed by atoms with E-state index < -0.39 is 5.97 Å². The Morgan fingerprint density at radius 1 is 1.33 bits per heavy atom. The lowest BCUT2D eigenvalue weighted by Gasteiger charge is -2.35. The van der Waals surface area contributed by atoms with Crippen molar-refractivity contribution in [3.05, 3.63) is 17.8 Å². The van der Waals surface area contributed by atoms with Gasteiger partial charge in [-0.1, -0.05) is 0 Å². The van der Waals surface area contributed by atoms with Gasteiger partial charge in [0.2, 0.25) is 5.95 Å². The Morgan fingerprint density at radius 2 is 2.04 bits per heavy atom. The van der Waals surface area contributed by atoms with Crippen molar-refractivity contribution in [2.75, 3.05) is 43.4 Å². The van der Waals surface area contributed by atoms with E-state index in [9.17, 15) is 14.7 Å². The highest BCUT2D eigenvalue weighted by atomic mass is 16.6. The number of fused-ring (bicyclic) bond motifs is 1. The zero-order chi connectivity index (χ0) is 17.3. The number of aromatic carboxylic acids is 1. The Kier molecular flexibility index (Phi) is 4.11. The Hall–Kier alpha value is -3.04. The second kappa shape index (κ2) is 6.22. The third-order valence-corrected chi connectivity index (χ3v) is 3.84. The summed E-state index contributed by atoms with van der Waals surface area (Å²) in [6.45, 7) is 4.23. The van der Waals surface area contributed by atoms with Crippen molar-refractivity contribution >= 4 is 29.3 Å². The molecule has 0 spiro atoms. The predicted octanol–water partition coefficient (Wildman–Crippen LogP) is 0.288. The molecule has 0 bridgehead atoms. The molecule has 2 aromatic rings. The number of hydrogen-bond donors (Lipinski definition) is 2. The third kappa shape index (κ3) is 2.90. The number of pyridine rings is 1. The van der Waals surface area contributed by atoms with Crippen LogP contribution in [-0.4, -0.2) is 69.5 Å². The summed E-state index contributed by atoms with van der Waals surface area (Å²) in [7, 11) is 0. The lowest BCUT2D eigenvalue weighted by molar-refractivity contribution is 0.0698. The van der Waals surface area contributed by atoms with Gasteiger partial charge in [0.15, 0.2) is 5.65 Å². The molecule has 1 amide bonds. The first-order chi connectivity index (χ1) is 11.5. The lowest BCUT2D eigenvalue weighted by Crippen LogP contribution is -2.49. The second-order valence-corrected chi connectivity index (χ2v) is 5.33. The van der Waals surface area contributed by atoms with E-state index in [4.69, 9.17) is 10.5 Å². The number of ether oxygens (including phenoxy) is 1. The van der Waals surface area contributed by atoms with Gasteiger partial charge in [-0.25, -0.2) is 14.1 Å². The SMILES string of the molecule is CCOC(=O)N1CCN(c2cc(C(=O)O)c3nc(N)nn3c2)CC1. The number of nitrogens with zero attached hydrogens (tertiary/aromatic N) is 5. The number of nitrogens with two attached hydrogens (primary N) is 1. The smallest absolute Gasteiger partial charge is 0.409 e. The number of carbonyl (C=O) groups is 2. The first kappa shape index (κ1) is 15.8. The van der Waals surface area contributed by atoms with E-state index in [1.165, 1.54) is 4.52 Å². The van der Waals surface area contributed by atoms with Gasteiger partial charge >= 0.3 is 12.1 Å². The molecule has 10 nitrogen and oxygen atoms in total. The van der Waals surface area contributed by atoms with Gasteiger partial charge < -0.3 is 25.4 Å². The number of piperazine rings is 1. The number of aromatic nitrogens is 3. The minimum absolute atomic E-state index is 0.0155. The number of carboxylic acid groups (broad SMARTS) is 1. The summed E-state index contributed by atoms with van der Waals surface area (Å²) in [4.78, 5) is 30.7. The monoisotopic (exact) mass is 334 g/mol. The molecule has 0 aromatic carbocycles. The van der Waals surface area contributed by atoms with Gasteiger partial charge in [-0.3, -0.25) is 0 Å². The topological polar surface area (TPSA) is 126 Å². The van der Waals surface area contributed by atoms with Crippen LogP contribution >= 0.6 is 0 Å². The molecule has 0 saturated carbocycles. The van der Waals surface area contributed by atoms with Crippen molar-refractivity contribution in [3.63, 3.8) is 0 Å². The summed E-state index contributed by atoms with van der Waals surface area (Å²) in [6.07, 6.45) is 1.36. The van der Waals surface area contributed by atoms with Crippen LogP contribution in [0.25, 0.3) is 5.65 Å². The predicted molar refractivity (Wildman–Crippen MR) is 85.2 cm³/mol. The summed E-state index contributed by atoms with van der Waals surface area (Å²) in [5.41, 5.74) is 6.48. The Bertz CT molecular complexity index is 781. The van der Waals surface area contributed by atoms with Crippen molar-refractivity contribution in [2.45, 2.75) is 6.92 Å². The molecule has 2 aromatic heterocycles. The van der Waals surface area contributed by atoms with E-state index in [0.717, 1.165) is 0 Å². The van der Waals surface area contributed by atoms with Gasteiger partial charge in [0, 0.05) is 26.2 Å². The Morgan fingerprint density at radius 3 is 2.67 bits per heavy atom. The molecule has 0 radical (unpaired) electrons. The first-order valence-electron chi connectivity index (χ1n) is 7.55. The highest BCUT2D eigenvalue weighted by Crippen LogP contribution is 2.21. The number of nitrogen functional groups attached to an aromatic ring is 1. The molecule has 0 unspecified atom stereocenters. The zero-order valence-electron chi connectivity index (χ0n) is 13.2. The maximum atomic E-state index is 11.7. The summed E-state index contributed by atoms with van der Waals surface area (Å²) in [5, 5.41) is 13.4. The number of hydrogen-bond acceptors (Lipinski definition) is 7. The maximum absolute atomic E-state index is 11.7. The van der Waals surface area contributed by atoms with E-state index in [-0.39, 0.29) is 23.3 Å². The van der Waals surface area contributed by atoms with Crippen molar-refractivity contribution in [2.24, 2.45) is 0 Å². The molecule has 0 aliphatic carbocycles. The summed E-state index contributed by atoms with van der Waals surface area (Å²) in [6, 6.07) is 1.55. The molecule has 1 fully saturated rings. The molecule has 3 rings (SSSR count). The van der Waals surface area contributed by atoms with Gasteiger partial charge in [-0.05, 0) is 13.0 Å². The molecule has 10 heteroatoms. The summed E-state index contributed by atoms with van der Waals surface area (Å²) in [5.74, 6) is -1.08. The van der Waals surface area contributed by atoms with Crippen LogP contribution in [-0.2, 0) is 4.74 Å². The van der Waals surface area contributed by atoms with Gasteiger partial charge in [0.25, 0.3) is 0 Å². The van der Waals surface area contributed by atoms with Gasteiger partial charge in [0.05, 0.1) is 18.5 Å². The normalized spacial score (nSPS) is 14.9. The average Bonchev–Trinajstić information content (AvgIpc) is 2.94. The van der Waals surface area contributed by atoms with E-state index >= 15 is 0 Å². The molecule has 0 atom stereocenters. The van der Waals surface area contributed by atoms with Crippen LogP contribution in [0.15, 0.2) is 12.3 Å². The Labute approximate surface area is 137 Å². The zero-order valence-corrected chi connectivity index (χ0v) is 13.2. The lowest BCUT2D eigenvalue weighted by atomic mass is 10.2. The third-order valence-electron chi connectivity index (χ3n) is 3.84. The standard InChI is InChI=1S/C14H18N6O4/c1-2-24-14(23)19-5-3-18(4-6-19)9-7-10(12(21)22)11-16-13(15)17-20(11)8-9/h7-8H,2-6H2,1H3,(H2,15,17)(H,21,22). The molecular formula is C14H18N6O4. The van der Waals surface area contributed by atoms with Crippen molar-refractivity contribution in [3.8, 4) is 0 Å². The van der Waals surface area contributed by atoms with Crippen LogP contribution in [0.4, 0.5) is 16.4 Å². The van der Waals surface area contributed by atoms with Crippen LogP contribution in [0.2, 0.25) is 0 Å². The van der Waals surface area contributed by atoms with Crippen LogP contribution in [0.1, 0.15) is 17.3 Å². The van der Waals surface area contributed by atoms with Crippen molar-refractivity contribution < 1.29 is 19.4 Å². The highest BCUT2D eigenvalue weighted by Gasteiger charge is 2.24. The minimum Gasteiger partial charge on any atom is -0.478 e. The van der Waals surface area contributed by atoms with Crippen LogP contribution in [0.3, 0.4) is 0 Å². The average molecular weight is 334 g/mol. The van der Waals surface area contributed by atoms with Gasteiger partial charge in [0.1, 0.15) is 5.56 Å². The molecular weight excluding hydrogens is 316 g/mol. The fraction of sp³-hybridized carbons (Fsp3) is 0.429. The molecule has 24 heavy (non-hydrogen) atoms. The molecule has 1 saturated heterocycles. The van der Waals surface area contributed by atoms with Crippen LogP contribution in [0, 0.1) is 0 Å². The van der Waals surface area contributed by atoms with Gasteiger partial charge in [-0.15, -0.1) is 5.10 Å². The number of anilines is 2. The van der Waals surface area contributed by atoms with Crippen LogP contribution < -0.4 is 10.6 Å². The van der Waals surface area contributed by atoms with Crippen LogP contribution in [0.5, 0.6) is 0 Å². The molecule has 3 N–H and O–H groups in total. The molecule has 3 heterocycles. The number of carboxylic acids is 1.